The average Bonchev–Trinajstić information content (AvgIpc) is 3.35. The first-order chi connectivity index (χ1) is 17.6. The van der Waals surface area contributed by atoms with Gasteiger partial charge in [-0.1, -0.05) is 11.6 Å². The van der Waals surface area contributed by atoms with Crippen LogP contribution in [0.5, 0.6) is 5.75 Å². The van der Waals surface area contributed by atoms with E-state index in [1.165, 1.54) is 30.5 Å². The Morgan fingerprint density at radius 1 is 1.24 bits per heavy atom. The summed E-state index contributed by atoms with van der Waals surface area (Å²) in [5, 5.41) is 5.78. The van der Waals surface area contributed by atoms with Gasteiger partial charge in [-0.15, -0.1) is 11.3 Å². The van der Waals surface area contributed by atoms with Gasteiger partial charge in [0.25, 0.3) is 10.2 Å². The molecule has 2 amide bonds. The van der Waals surface area contributed by atoms with Gasteiger partial charge >= 0.3 is 0 Å². The van der Waals surface area contributed by atoms with Crippen molar-refractivity contribution in [1.29, 1.82) is 0 Å². The molecular formula is C23H23ClFN5O5S2. The maximum absolute atomic E-state index is 13.4. The molecule has 0 spiro atoms. The van der Waals surface area contributed by atoms with Crippen LogP contribution in [0.4, 0.5) is 10.1 Å². The minimum Gasteiger partial charge on any atom is -0.497 e. The van der Waals surface area contributed by atoms with Gasteiger partial charge in [0, 0.05) is 29.4 Å². The molecule has 0 aliphatic carbocycles. The van der Waals surface area contributed by atoms with Gasteiger partial charge < -0.3 is 15.4 Å². The van der Waals surface area contributed by atoms with E-state index in [4.69, 9.17) is 16.3 Å². The number of halogens is 2. The number of methoxy groups -OCH3 is 1. The van der Waals surface area contributed by atoms with E-state index in [0.717, 1.165) is 31.6 Å². The molecule has 3 N–H and O–H groups in total. The van der Waals surface area contributed by atoms with Crippen LogP contribution >= 0.6 is 22.9 Å². The maximum atomic E-state index is 13.4. The number of nitrogens with zero attached hydrogens (tertiary/aromatic N) is 2. The van der Waals surface area contributed by atoms with Crippen LogP contribution in [-0.4, -0.2) is 55.8 Å². The first-order valence-electron chi connectivity index (χ1n) is 11.0. The van der Waals surface area contributed by atoms with Crippen molar-refractivity contribution < 1.29 is 27.1 Å². The molecule has 10 nitrogen and oxygen atoms in total. The summed E-state index contributed by atoms with van der Waals surface area (Å²) in [7, 11) is -1.31. The number of hydrogen-bond acceptors (Lipinski definition) is 7. The van der Waals surface area contributed by atoms with Crippen LogP contribution in [-0.2, 0) is 26.3 Å². The molecule has 1 fully saturated rings. The molecule has 3 aromatic rings. The summed E-state index contributed by atoms with van der Waals surface area (Å²) < 4.78 is 46.9. The number of carbonyl (C=O) groups is 2. The Kier molecular flexibility index (Phi) is 8.09. The molecule has 2 unspecified atom stereocenters. The third-order valence-corrected chi connectivity index (χ3v) is 8.63. The number of carbonyl (C=O) groups excluding carboxylic acids is 2. The van der Waals surface area contributed by atoms with Crippen LogP contribution in [0.25, 0.3) is 10.6 Å². The van der Waals surface area contributed by atoms with Gasteiger partial charge in [-0.2, -0.15) is 17.4 Å². The number of likely N-dealkylation sites (N-methyl/N-ethyl adjacent to an activating group) is 1. The standard InChI is InChI=1S/C23H23ClFN5O5S2/c1-30-20(22(32)28-14-5-8-18(25)17(24)9-14)10-19(29-37(30,33)34)21(31)26-11-16-12-27-23(36-16)13-3-6-15(35-2)7-4-13/h3-9,12,19-20,29H,10-11H2,1-2H3,(H,26,31)(H,28,32). The molecule has 2 heterocycles. The minimum absolute atomic E-state index is 0.123. The topological polar surface area (TPSA) is 130 Å². The van der Waals surface area contributed by atoms with E-state index in [0.29, 0.717) is 0 Å². The highest BCUT2D eigenvalue weighted by Gasteiger charge is 2.42. The largest absolute Gasteiger partial charge is 0.497 e. The molecule has 14 heteroatoms. The third-order valence-electron chi connectivity index (χ3n) is 5.70. The summed E-state index contributed by atoms with van der Waals surface area (Å²) in [5.74, 6) is -1.20. The predicted octanol–water partition coefficient (Wildman–Crippen LogP) is 2.77. The van der Waals surface area contributed by atoms with Gasteiger partial charge in [0.15, 0.2) is 0 Å². The van der Waals surface area contributed by atoms with Gasteiger partial charge in [-0.05, 0) is 48.9 Å². The summed E-state index contributed by atoms with van der Waals surface area (Å²) in [6.45, 7) is 0.131. The van der Waals surface area contributed by atoms with Crippen LogP contribution < -0.4 is 20.1 Å². The van der Waals surface area contributed by atoms with Gasteiger partial charge in [0.05, 0.1) is 18.7 Å². The number of benzene rings is 2. The lowest BCUT2D eigenvalue weighted by atomic mass is 10.1. The van der Waals surface area contributed by atoms with E-state index in [1.807, 2.05) is 24.3 Å². The van der Waals surface area contributed by atoms with Crippen LogP contribution in [0.15, 0.2) is 48.7 Å². The lowest BCUT2D eigenvalue weighted by Gasteiger charge is -2.35. The zero-order valence-corrected chi connectivity index (χ0v) is 22.1. The van der Waals surface area contributed by atoms with E-state index in [1.54, 1.807) is 13.3 Å². The number of nitrogens with one attached hydrogen (secondary N) is 3. The Hall–Kier alpha value is -3.10. The summed E-state index contributed by atoms with van der Waals surface area (Å²) >= 11 is 7.13. The molecule has 0 saturated carbocycles. The molecule has 196 valence electrons. The molecule has 2 atom stereocenters. The van der Waals surface area contributed by atoms with Crippen molar-refractivity contribution in [3.63, 3.8) is 0 Å². The number of amides is 2. The molecule has 0 bridgehead atoms. The van der Waals surface area contributed by atoms with Crippen molar-refractivity contribution in [3.05, 3.63) is 64.4 Å². The number of thiazole rings is 1. The van der Waals surface area contributed by atoms with Crippen molar-refractivity contribution >= 4 is 50.6 Å². The number of anilines is 1. The number of aromatic nitrogens is 1. The highest BCUT2D eigenvalue weighted by Crippen LogP contribution is 2.27. The highest BCUT2D eigenvalue weighted by molar-refractivity contribution is 7.87. The summed E-state index contributed by atoms with van der Waals surface area (Å²) in [6.07, 6.45) is 1.51. The molecule has 1 aliphatic rings. The van der Waals surface area contributed by atoms with E-state index in [9.17, 15) is 22.4 Å². The quantitative estimate of drug-likeness (QED) is 0.402. The van der Waals surface area contributed by atoms with Gasteiger partial charge in [0.2, 0.25) is 11.8 Å². The lowest BCUT2D eigenvalue weighted by Crippen LogP contribution is -2.62. The van der Waals surface area contributed by atoms with Crippen molar-refractivity contribution in [3.8, 4) is 16.3 Å². The van der Waals surface area contributed by atoms with Crippen molar-refractivity contribution in [2.45, 2.75) is 25.0 Å². The van der Waals surface area contributed by atoms with E-state index in [-0.39, 0.29) is 23.7 Å². The van der Waals surface area contributed by atoms with E-state index < -0.39 is 39.9 Å². The predicted molar refractivity (Wildman–Crippen MR) is 138 cm³/mol. The van der Waals surface area contributed by atoms with E-state index >= 15 is 0 Å². The molecule has 37 heavy (non-hydrogen) atoms. The highest BCUT2D eigenvalue weighted by atomic mass is 35.5. The molecule has 1 aliphatic heterocycles. The van der Waals surface area contributed by atoms with Crippen LogP contribution in [0.1, 0.15) is 11.3 Å². The van der Waals surface area contributed by atoms with E-state index in [2.05, 4.69) is 20.3 Å². The van der Waals surface area contributed by atoms with Gasteiger partial charge in [-0.3, -0.25) is 9.59 Å². The lowest BCUT2D eigenvalue weighted by molar-refractivity contribution is -0.124. The SMILES string of the molecule is COc1ccc(-c2ncc(CNC(=O)C3CC(C(=O)Nc4ccc(F)c(Cl)c4)N(C)S(=O)(=O)N3)s2)cc1. The zero-order valence-electron chi connectivity index (χ0n) is 19.7. The van der Waals surface area contributed by atoms with Crippen LogP contribution in [0, 0.1) is 5.82 Å². The molecule has 1 aromatic heterocycles. The van der Waals surface area contributed by atoms with Crippen LogP contribution in [0.2, 0.25) is 5.02 Å². The Labute approximate surface area is 222 Å². The van der Waals surface area contributed by atoms with Crippen molar-refractivity contribution in [2.75, 3.05) is 19.5 Å². The molecule has 4 rings (SSSR count). The summed E-state index contributed by atoms with van der Waals surface area (Å²) in [4.78, 5) is 30.8. The van der Waals surface area contributed by atoms with Gasteiger partial charge in [-0.25, -0.2) is 9.37 Å². The maximum Gasteiger partial charge on any atom is 0.280 e. The summed E-state index contributed by atoms with van der Waals surface area (Å²) in [6, 6.07) is 8.62. The molecular weight excluding hydrogens is 545 g/mol. The van der Waals surface area contributed by atoms with Crippen molar-refractivity contribution in [2.24, 2.45) is 0 Å². The fourth-order valence-corrected chi connectivity index (χ4v) is 5.92. The molecule has 2 aromatic carbocycles. The Morgan fingerprint density at radius 2 is 1.97 bits per heavy atom. The molecule has 1 saturated heterocycles. The Balaban J connectivity index is 1.40. The minimum atomic E-state index is -4.12. The smallest absolute Gasteiger partial charge is 0.280 e. The first-order valence-corrected chi connectivity index (χ1v) is 13.6. The second-order valence-corrected chi connectivity index (χ2v) is 11.4. The second-order valence-electron chi connectivity index (χ2n) is 8.14. The number of ether oxygens (including phenoxy) is 1. The fraction of sp³-hybridized carbons (Fsp3) is 0.261. The van der Waals surface area contributed by atoms with Gasteiger partial charge in [0.1, 0.15) is 28.7 Å². The normalized spacial score (nSPS) is 19.2. The number of hydrogen-bond donors (Lipinski definition) is 3. The van der Waals surface area contributed by atoms with Crippen LogP contribution in [0.3, 0.4) is 0 Å². The van der Waals surface area contributed by atoms with Crippen molar-refractivity contribution in [1.82, 2.24) is 19.3 Å². The summed E-state index contributed by atoms with van der Waals surface area (Å²) in [5.41, 5.74) is 1.09. The molecule has 0 radical (unpaired) electrons. The zero-order chi connectivity index (χ0) is 26.7. The number of rotatable bonds is 7. The first kappa shape index (κ1) is 26.9. The Bertz CT molecular complexity index is 1420. The third kappa shape index (κ3) is 6.25. The second kappa shape index (κ2) is 11.1. The fourth-order valence-electron chi connectivity index (χ4n) is 3.64. The average molecular weight is 568 g/mol. The monoisotopic (exact) mass is 567 g/mol. The Morgan fingerprint density at radius 3 is 2.65 bits per heavy atom.